The summed E-state index contributed by atoms with van der Waals surface area (Å²) in [5.41, 5.74) is 2.05. The van der Waals surface area contributed by atoms with Gasteiger partial charge in [0, 0.05) is 24.7 Å². The lowest BCUT2D eigenvalue weighted by Crippen LogP contribution is -2.27. The van der Waals surface area contributed by atoms with Crippen LogP contribution in [0.3, 0.4) is 0 Å². The number of aromatic nitrogens is 5. The van der Waals surface area contributed by atoms with Gasteiger partial charge in [-0.05, 0) is 42.3 Å². The maximum Gasteiger partial charge on any atom is 0.573 e. The van der Waals surface area contributed by atoms with Gasteiger partial charge in [0.05, 0.1) is 11.4 Å². The number of halogens is 3. The molecule has 0 aliphatic rings. The average Bonchev–Trinajstić information content (AvgIpc) is 3.27. The molecule has 0 radical (unpaired) electrons. The summed E-state index contributed by atoms with van der Waals surface area (Å²) in [7, 11) is 0. The van der Waals surface area contributed by atoms with Gasteiger partial charge >= 0.3 is 6.36 Å². The lowest BCUT2D eigenvalue weighted by molar-refractivity contribution is -0.274. The highest BCUT2D eigenvalue weighted by atomic mass is 32.2. The number of rotatable bonds is 9. The van der Waals surface area contributed by atoms with E-state index in [0.717, 1.165) is 5.56 Å². The van der Waals surface area contributed by atoms with Crippen molar-refractivity contribution in [2.45, 2.75) is 23.7 Å². The molecule has 0 aliphatic heterocycles. The second-order valence-electron chi connectivity index (χ2n) is 7.15. The van der Waals surface area contributed by atoms with E-state index in [-0.39, 0.29) is 17.2 Å². The van der Waals surface area contributed by atoms with Crippen molar-refractivity contribution in [1.82, 2.24) is 30.3 Å². The first-order valence-electron chi connectivity index (χ1n) is 10.4. The highest BCUT2D eigenvalue weighted by Gasteiger charge is 2.31. The van der Waals surface area contributed by atoms with E-state index in [2.05, 4.69) is 30.3 Å². The molecule has 0 unspecified atom stereocenters. The number of nitrogens with zero attached hydrogens (tertiary/aromatic N) is 5. The molecule has 2 aromatic heterocycles. The average molecular weight is 501 g/mol. The van der Waals surface area contributed by atoms with Gasteiger partial charge in [-0.25, -0.2) is 14.6 Å². The Labute approximate surface area is 202 Å². The second-order valence-corrected chi connectivity index (χ2v) is 8.09. The van der Waals surface area contributed by atoms with Crippen LogP contribution in [0.2, 0.25) is 0 Å². The van der Waals surface area contributed by atoms with Crippen LogP contribution in [0.5, 0.6) is 5.75 Å². The molecule has 2 aromatic carbocycles. The number of benzene rings is 2. The molecular formula is C23H19F3N6O2S. The molecule has 1 N–H and O–H groups in total. The third-order valence-corrected chi connectivity index (χ3v) is 5.60. The molecule has 8 nitrogen and oxygen atoms in total. The Balaban J connectivity index is 1.54. The number of carbonyl (C=O) groups excluding carboxylic acids is 1. The first kappa shape index (κ1) is 24.2. The summed E-state index contributed by atoms with van der Waals surface area (Å²) in [6, 6.07) is 16.5. The maximum absolute atomic E-state index is 12.9. The van der Waals surface area contributed by atoms with E-state index in [9.17, 15) is 18.0 Å². The summed E-state index contributed by atoms with van der Waals surface area (Å²) < 4.78 is 42.8. The van der Waals surface area contributed by atoms with Crippen molar-refractivity contribution in [1.29, 1.82) is 0 Å². The lowest BCUT2D eigenvalue weighted by Gasteiger charge is -2.11. The van der Waals surface area contributed by atoms with Crippen LogP contribution < -0.4 is 10.1 Å². The van der Waals surface area contributed by atoms with Gasteiger partial charge in [-0.2, -0.15) is 0 Å². The van der Waals surface area contributed by atoms with Crippen molar-refractivity contribution in [3.8, 4) is 11.4 Å². The van der Waals surface area contributed by atoms with Crippen molar-refractivity contribution in [2.24, 2.45) is 0 Å². The van der Waals surface area contributed by atoms with Crippen LogP contribution >= 0.6 is 11.8 Å². The highest BCUT2D eigenvalue weighted by molar-refractivity contribution is 7.98. The zero-order valence-corrected chi connectivity index (χ0v) is 19.0. The predicted octanol–water partition coefficient (Wildman–Crippen LogP) is 4.22. The van der Waals surface area contributed by atoms with Gasteiger partial charge in [-0.1, -0.05) is 47.3 Å². The van der Waals surface area contributed by atoms with E-state index in [0.29, 0.717) is 29.5 Å². The van der Waals surface area contributed by atoms with E-state index in [1.165, 1.54) is 40.7 Å². The Bertz CT molecular complexity index is 1250. The van der Waals surface area contributed by atoms with Crippen molar-refractivity contribution in [3.05, 3.63) is 90.0 Å². The minimum absolute atomic E-state index is 0.108. The standard InChI is InChI=1S/C23H19F3N6O2S/c24-23(25,26)34-18-9-7-17(8-10-18)32-19(15-35-22-28-12-4-13-29-22)20(30-31-32)21(33)27-14-11-16-5-2-1-3-6-16/h1-10,12-13H,11,14-15H2,(H,27,33). The second kappa shape index (κ2) is 11.0. The molecule has 4 aromatic rings. The normalized spacial score (nSPS) is 11.3. The van der Waals surface area contributed by atoms with E-state index in [1.54, 1.807) is 18.5 Å². The number of carbonyl (C=O) groups is 1. The molecule has 0 saturated heterocycles. The topological polar surface area (TPSA) is 94.8 Å². The van der Waals surface area contributed by atoms with Gasteiger partial charge < -0.3 is 10.1 Å². The zero-order valence-electron chi connectivity index (χ0n) is 18.1. The number of nitrogens with one attached hydrogen (secondary N) is 1. The first-order valence-corrected chi connectivity index (χ1v) is 11.4. The molecule has 4 rings (SSSR count). The molecule has 35 heavy (non-hydrogen) atoms. The fraction of sp³-hybridized carbons (Fsp3) is 0.174. The number of thioether (sulfide) groups is 1. The predicted molar refractivity (Wildman–Crippen MR) is 122 cm³/mol. The van der Waals surface area contributed by atoms with Gasteiger partial charge in [0.15, 0.2) is 10.9 Å². The Morgan fingerprint density at radius 1 is 1.00 bits per heavy atom. The molecule has 12 heteroatoms. The Hall–Kier alpha value is -3.93. The molecule has 0 fully saturated rings. The summed E-state index contributed by atoms with van der Waals surface area (Å²) in [6.45, 7) is 0.396. The fourth-order valence-electron chi connectivity index (χ4n) is 3.15. The van der Waals surface area contributed by atoms with Crippen LogP contribution in [0.1, 0.15) is 21.7 Å². The molecule has 0 spiro atoms. The van der Waals surface area contributed by atoms with E-state index in [4.69, 9.17) is 0 Å². The molecule has 0 bridgehead atoms. The van der Waals surface area contributed by atoms with Crippen LogP contribution in [0, 0.1) is 0 Å². The number of hydrogen-bond donors (Lipinski definition) is 1. The van der Waals surface area contributed by atoms with E-state index in [1.807, 2.05) is 30.3 Å². The maximum atomic E-state index is 12.9. The number of amides is 1. The highest BCUT2D eigenvalue weighted by Crippen LogP contribution is 2.26. The third-order valence-electron chi connectivity index (χ3n) is 4.72. The number of alkyl halides is 3. The van der Waals surface area contributed by atoms with Gasteiger partial charge in [0.25, 0.3) is 5.91 Å². The van der Waals surface area contributed by atoms with Crippen LogP contribution in [0.25, 0.3) is 5.69 Å². The Morgan fingerprint density at radius 3 is 2.40 bits per heavy atom. The Morgan fingerprint density at radius 2 is 1.71 bits per heavy atom. The molecule has 0 aliphatic carbocycles. The summed E-state index contributed by atoms with van der Waals surface area (Å²) >= 11 is 1.27. The summed E-state index contributed by atoms with van der Waals surface area (Å²) in [5, 5.41) is 11.5. The fourth-order valence-corrected chi connectivity index (χ4v) is 3.94. The van der Waals surface area contributed by atoms with Crippen LogP contribution in [-0.2, 0) is 12.2 Å². The monoisotopic (exact) mass is 500 g/mol. The van der Waals surface area contributed by atoms with Gasteiger partial charge in [0.1, 0.15) is 5.75 Å². The minimum atomic E-state index is -4.79. The van der Waals surface area contributed by atoms with Crippen molar-refractivity contribution in [2.75, 3.05) is 6.54 Å². The molecule has 0 saturated carbocycles. The van der Waals surface area contributed by atoms with Crippen molar-refractivity contribution in [3.63, 3.8) is 0 Å². The summed E-state index contributed by atoms with van der Waals surface area (Å²) in [6.07, 6.45) is -0.955. The molecular weight excluding hydrogens is 481 g/mol. The van der Waals surface area contributed by atoms with Crippen LogP contribution in [-0.4, -0.2) is 43.8 Å². The molecule has 1 amide bonds. The molecule has 0 atom stereocenters. The van der Waals surface area contributed by atoms with Crippen molar-refractivity contribution >= 4 is 17.7 Å². The smallest absolute Gasteiger partial charge is 0.406 e. The SMILES string of the molecule is O=C(NCCc1ccccc1)c1nnn(-c2ccc(OC(F)(F)F)cc2)c1CSc1ncccn1. The number of hydrogen-bond acceptors (Lipinski definition) is 7. The zero-order chi connectivity index (χ0) is 24.7. The summed E-state index contributed by atoms with van der Waals surface area (Å²) in [4.78, 5) is 21.2. The minimum Gasteiger partial charge on any atom is -0.406 e. The molecule has 180 valence electrons. The largest absolute Gasteiger partial charge is 0.573 e. The number of ether oxygens (including phenoxy) is 1. The third kappa shape index (κ3) is 6.79. The van der Waals surface area contributed by atoms with Crippen LogP contribution in [0.15, 0.2) is 78.2 Å². The first-order chi connectivity index (χ1) is 16.9. The van der Waals surface area contributed by atoms with E-state index < -0.39 is 12.3 Å². The lowest BCUT2D eigenvalue weighted by atomic mass is 10.1. The Kier molecular flexibility index (Phi) is 7.60. The van der Waals surface area contributed by atoms with Gasteiger partial charge in [0.2, 0.25) is 0 Å². The molecule has 2 heterocycles. The summed E-state index contributed by atoms with van der Waals surface area (Å²) in [5.74, 6) is -0.526. The van der Waals surface area contributed by atoms with E-state index >= 15 is 0 Å². The van der Waals surface area contributed by atoms with Gasteiger partial charge in [-0.15, -0.1) is 18.3 Å². The quantitative estimate of drug-likeness (QED) is 0.272. The van der Waals surface area contributed by atoms with Crippen molar-refractivity contribution < 1.29 is 22.7 Å². The van der Waals surface area contributed by atoms with Gasteiger partial charge in [-0.3, -0.25) is 4.79 Å². The van der Waals surface area contributed by atoms with Crippen LogP contribution in [0.4, 0.5) is 13.2 Å².